The molecule has 0 bridgehead atoms. The van der Waals surface area contributed by atoms with Gasteiger partial charge < -0.3 is 43.2 Å². The highest BCUT2D eigenvalue weighted by Gasteiger charge is 2.32. The highest BCUT2D eigenvalue weighted by atomic mass is 32.1. The van der Waals surface area contributed by atoms with Crippen LogP contribution in [0.2, 0.25) is 0 Å². The predicted molar refractivity (Wildman–Crippen MR) is 157 cm³/mol. The Kier molecular flexibility index (Phi) is 12.7. The maximum atomic E-state index is 13.1. The molecule has 2 rings (SSSR count). The summed E-state index contributed by atoms with van der Waals surface area (Å²) in [6.07, 6.45) is 2.97. The molecule has 5 unspecified atom stereocenters. The third kappa shape index (κ3) is 9.45. The number of carbonyl (C=O) groups excluding carboxylic acids is 3. The minimum absolute atomic E-state index is 0.0469. The molecule has 0 spiro atoms. The Morgan fingerprint density at radius 3 is 2.35 bits per heavy atom. The van der Waals surface area contributed by atoms with Crippen molar-refractivity contribution < 1.29 is 24.3 Å². The second-order valence-corrected chi connectivity index (χ2v) is 10.00. The highest BCUT2D eigenvalue weighted by Crippen LogP contribution is 2.19. The van der Waals surface area contributed by atoms with Crippen LogP contribution in [0.15, 0.2) is 35.5 Å². The van der Waals surface area contributed by atoms with Crippen molar-refractivity contribution in [2.24, 2.45) is 28.1 Å². The third-order valence-corrected chi connectivity index (χ3v) is 6.99. The maximum absolute atomic E-state index is 13.1. The minimum Gasteiger partial charge on any atom is -0.480 e. The van der Waals surface area contributed by atoms with E-state index in [4.69, 9.17) is 17.2 Å². The number of aliphatic carboxylic acids is 1. The van der Waals surface area contributed by atoms with Gasteiger partial charge in [0.05, 0.1) is 6.04 Å². The molecule has 2 aromatic rings. The van der Waals surface area contributed by atoms with Crippen LogP contribution in [0.4, 0.5) is 0 Å². The number of hydrogen-bond acceptors (Lipinski definition) is 7. The van der Waals surface area contributed by atoms with E-state index in [2.05, 4.69) is 38.6 Å². The topological polar surface area (TPSA) is 231 Å². The molecular weight excluding hydrogens is 536 g/mol. The molecule has 0 saturated heterocycles. The molecule has 1 aromatic heterocycles. The number of benzene rings is 1. The summed E-state index contributed by atoms with van der Waals surface area (Å²) in [4.78, 5) is 57.7. The minimum atomic E-state index is -1.23. The van der Waals surface area contributed by atoms with Crippen LogP contribution in [-0.2, 0) is 25.6 Å². The van der Waals surface area contributed by atoms with Crippen LogP contribution in [-0.4, -0.2) is 76.2 Å². The van der Waals surface area contributed by atoms with Crippen molar-refractivity contribution in [1.29, 1.82) is 0 Å². The van der Waals surface area contributed by atoms with Crippen LogP contribution in [0.5, 0.6) is 0 Å². The van der Waals surface area contributed by atoms with E-state index in [1.54, 1.807) is 13.1 Å². The second-order valence-electron chi connectivity index (χ2n) is 9.63. The van der Waals surface area contributed by atoms with Crippen LogP contribution < -0.4 is 33.2 Å². The first-order valence-corrected chi connectivity index (χ1v) is 13.7. The van der Waals surface area contributed by atoms with Crippen LogP contribution in [0.25, 0.3) is 10.9 Å². The lowest BCUT2D eigenvalue weighted by Gasteiger charge is -2.27. The monoisotopic (exact) mass is 576 g/mol. The maximum Gasteiger partial charge on any atom is 0.326 e. The molecular formula is C26H40N8O5S. The number of nitrogens with zero attached hydrogens (tertiary/aromatic N) is 1. The second kappa shape index (κ2) is 15.7. The van der Waals surface area contributed by atoms with Crippen molar-refractivity contribution in [3.05, 3.63) is 36.0 Å². The Morgan fingerprint density at radius 1 is 1.05 bits per heavy atom. The third-order valence-electron chi connectivity index (χ3n) is 6.62. The Balaban J connectivity index is 2.03. The number of aliphatic imine (C=N–C) groups is 1. The zero-order valence-electron chi connectivity index (χ0n) is 22.7. The Hall–Kier alpha value is -3.78. The van der Waals surface area contributed by atoms with Gasteiger partial charge in [-0.25, -0.2) is 4.79 Å². The first-order chi connectivity index (χ1) is 19.0. The number of fused-ring (bicyclic) bond motifs is 1. The van der Waals surface area contributed by atoms with Crippen LogP contribution in [0, 0.1) is 5.92 Å². The first kappa shape index (κ1) is 32.4. The summed E-state index contributed by atoms with van der Waals surface area (Å²) >= 11 is 4.20. The highest BCUT2D eigenvalue weighted by molar-refractivity contribution is 7.80. The molecule has 1 heterocycles. The summed E-state index contributed by atoms with van der Waals surface area (Å²) in [5.74, 6) is -3.55. The number of amides is 3. The van der Waals surface area contributed by atoms with Gasteiger partial charge in [-0.3, -0.25) is 19.4 Å². The van der Waals surface area contributed by atoms with Crippen LogP contribution in [0.1, 0.15) is 38.7 Å². The number of nitrogens with two attached hydrogens (primary N) is 3. The fraction of sp³-hybridized carbons (Fsp3) is 0.500. The molecule has 0 aliphatic heterocycles. The molecule has 220 valence electrons. The zero-order valence-corrected chi connectivity index (χ0v) is 23.6. The first-order valence-electron chi connectivity index (χ1n) is 13.1. The van der Waals surface area contributed by atoms with Crippen molar-refractivity contribution in [2.45, 2.75) is 63.7 Å². The SMILES string of the molecule is CCC(C)C(NC(=O)C(CS)NC(=O)C(N)Cc1c[nH]c2ccccc12)C(=O)NC(CCCN=C(N)N)C(=O)O. The molecule has 0 saturated carbocycles. The summed E-state index contributed by atoms with van der Waals surface area (Å²) in [6, 6.07) is 3.38. The normalized spacial score (nSPS) is 14.8. The van der Waals surface area contributed by atoms with Gasteiger partial charge in [0.1, 0.15) is 18.1 Å². The summed E-state index contributed by atoms with van der Waals surface area (Å²) < 4.78 is 0. The van der Waals surface area contributed by atoms with Gasteiger partial charge in [-0.05, 0) is 36.8 Å². The van der Waals surface area contributed by atoms with Crippen LogP contribution >= 0.6 is 12.6 Å². The molecule has 40 heavy (non-hydrogen) atoms. The Morgan fingerprint density at radius 2 is 1.73 bits per heavy atom. The molecule has 0 aliphatic rings. The molecule has 0 fully saturated rings. The standard InChI is InChI=1S/C26H40N8O5S/c1-3-14(2)21(24(37)32-19(25(38)39)9-6-10-30-26(28)29)34-23(36)20(13-40)33-22(35)17(27)11-15-12-31-18-8-5-4-7-16(15)18/h4-5,7-8,12,14,17,19-21,31,40H,3,6,9-11,13,27H2,1-2H3,(H,32,37)(H,33,35)(H,34,36)(H,38,39)(H4,28,29,30). The van der Waals surface area contributed by atoms with Crippen molar-refractivity contribution in [3.8, 4) is 0 Å². The van der Waals surface area contributed by atoms with Crippen molar-refractivity contribution >= 4 is 53.2 Å². The Labute approximate surface area is 238 Å². The van der Waals surface area contributed by atoms with Crippen molar-refractivity contribution in [1.82, 2.24) is 20.9 Å². The van der Waals surface area contributed by atoms with E-state index in [9.17, 15) is 24.3 Å². The van der Waals surface area contributed by atoms with E-state index in [0.29, 0.717) is 12.8 Å². The van der Waals surface area contributed by atoms with Gasteiger partial charge in [0.2, 0.25) is 17.7 Å². The summed E-state index contributed by atoms with van der Waals surface area (Å²) in [5, 5.41) is 18.3. The van der Waals surface area contributed by atoms with E-state index in [0.717, 1.165) is 16.5 Å². The van der Waals surface area contributed by atoms with Crippen molar-refractivity contribution in [2.75, 3.05) is 12.3 Å². The molecule has 5 atom stereocenters. The number of H-pyrrole nitrogens is 1. The lowest BCUT2D eigenvalue weighted by Crippen LogP contribution is -2.59. The smallest absolute Gasteiger partial charge is 0.326 e. The Bertz CT molecular complexity index is 1200. The van der Waals surface area contributed by atoms with Gasteiger partial charge in [0.25, 0.3) is 0 Å². The number of carboxylic acid groups (broad SMARTS) is 1. The number of guanidine groups is 1. The molecule has 1 aromatic carbocycles. The summed E-state index contributed by atoms with van der Waals surface area (Å²) in [5.41, 5.74) is 18.5. The van der Waals surface area contributed by atoms with E-state index in [-0.39, 0.29) is 37.0 Å². The van der Waals surface area contributed by atoms with Crippen molar-refractivity contribution in [3.63, 3.8) is 0 Å². The lowest BCUT2D eigenvalue weighted by atomic mass is 9.97. The van der Waals surface area contributed by atoms with E-state index in [1.807, 2.05) is 31.2 Å². The summed E-state index contributed by atoms with van der Waals surface area (Å²) in [7, 11) is 0. The number of carbonyl (C=O) groups is 4. The number of aromatic nitrogens is 1. The van der Waals surface area contributed by atoms with E-state index in [1.165, 1.54) is 0 Å². The van der Waals surface area contributed by atoms with Gasteiger partial charge in [0.15, 0.2) is 5.96 Å². The zero-order chi connectivity index (χ0) is 29.8. The summed E-state index contributed by atoms with van der Waals surface area (Å²) in [6.45, 7) is 3.80. The predicted octanol–water partition coefficient (Wildman–Crippen LogP) is -0.394. The number of hydrogen-bond donors (Lipinski definition) is 9. The van der Waals surface area contributed by atoms with Gasteiger partial charge in [-0.2, -0.15) is 12.6 Å². The van der Waals surface area contributed by atoms with E-state index >= 15 is 0 Å². The number of aromatic amines is 1. The molecule has 13 nitrogen and oxygen atoms in total. The number of thiol groups is 1. The number of rotatable bonds is 16. The largest absolute Gasteiger partial charge is 0.480 e. The fourth-order valence-corrected chi connectivity index (χ4v) is 4.34. The molecule has 0 aliphatic carbocycles. The lowest BCUT2D eigenvalue weighted by molar-refractivity contribution is -0.142. The van der Waals surface area contributed by atoms with E-state index < -0.39 is 47.9 Å². The van der Waals surface area contributed by atoms with Crippen LogP contribution in [0.3, 0.4) is 0 Å². The number of carboxylic acids is 1. The van der Waals surface area contributed by atoms with Gasteiger partial charge in [-0.1, -0.05) is 38.5 Å². The molecule has 3 amide bonds. The molecule has 11 N–H and O–H groups in total. The number of nitrogens with one attached hydrogen (secondary N) is 4. The van der Waals surface area contributed by atoms with Gasteiger partial charge in [0, 0.05) is 29.4 Å². The quantitative estimate of drug-likeness (QED) is 0.0551. The van der Waals surface area contributed by atoms with Gasteiger partial charge >= 0.3 is 5.97 Å². The number of para-hydroxylation sites is 1. The average Bonchev–Trinajstić information content (AvgIpc) is 3.33. The molecule has 0 radical (unpaired) electrons. The average molecular weight is 577 g/mol. The van der Waals surface area contributed by atoms with Gasteiger partial charge in [-0.15, -0.1) is 0 Å². The molecule has 14 heteroatoms. The fourth-order valence-electron chi connectivity index (χ4n) is 4.08.